The van der Waals surface area contributed by atoms with Crippen LogP contribution in [0.1, 0.15) is 24.0 Å². The summed E-state index contributed by atoms with van der Waals surface area (Å²) in [5, 5.41) is 11.9. The van der Waals surface area contributed by atoms with E-state index in [2.05, 4.69) is 17.4 Å². The number of amides is 2. The van der Waals surface area contributed by atoms with E-state index in [4.69, 9.17) is 5.11 Å². The van der Waals surface area contributed by atoms with Crippen molar-refractivity contribution in [3.8, 4) is 0 Å². The predicted octanol–water partition coefficient (Wildman–Crippen LogP) is 1.66. The van der Waals surface area contributed by atoms with Crippen LogP contribution in [0.5, 0.6) is 0 Å². The Hall–Kier alpha value is -2.04. The zero-order chi connectivity index (χ0) is 14.8. The molecule has 3 rings (SSSR count). The van der Waals surface area contributed by atoms with Crippen LogP contribution in [0.25, 0.3) is 0 Å². The number of aliphatic carboxylic acids is 1. The van der Waals surface area contributed by atoms with Crippen molar-refractivity contribution in [1.82, 2.24) is 10.2 Å². The third kappa shape index (κ3) is 3.54. The number of nitrogens with zero attached hydrogens (tertiary/aromatic N) is 1. The number of carbonyl (C=O) groups is 2. The molecule has 0 aromatic heterocycles. The molecule has 5 nitrogen and oxygen atoms in total. The summed E-state index contributed by atoms with van der Waals surface area (Å²) in [4.78, 5) is 24.6. The highest BCUT2D eigenvalue weighted by atomic mass is 16.4. The van der Waals surface area contributed by atoms with E-state index in [1.54, 1.807) is 0 Å². The first-order valence-corrected chi connectivity index (χ1v) is 7.46. The maximum atomic E-state index is 12.3. The molecule has 0 bridgehead atoms. The molecule has 0 radical (unpaired) electrons. The SMILES string of the molecule is O=C(O)CN(CC1CC1)C(=O)NC1Cc2ccccc2C1. The van der Waals surface area contributed by atoms with Gasteiger partial charge >= 0.3 is 12.0 Å². The average Bonchev–Trinajstić information content (AvgIpc) is 3.15. The fraction of sp³-hybridized carbons (Fsp3) is 0.500. The number of hydrogen-bond donors (Lipinski definition) is 2. The molecular weight excluding hydrogens is 268 g/mol. The quantitative estimate of drug-likeness (QED) is 0.865. The first-order valence-electron chi connectivity index (χ1n) is 7.46. The minimum atomic E-state index is -0.958. The molecule has 5 heteroatoms. The van der Waals surface area contributed by atoms with Gasteiger partial charge < -0.3 is 15.3 Å². The third-order valence-corrected chi connectivity index (χ3v) is 4.17. The number of urea groups is 1. The fourth-order valence-corrected chi connectivity index (χ4v) is 2.92. The Morgan fingerprint density at radius 2 is 1.81 bits per heavy atom. The predicted molar refractivity (Wildman–Crippen MR) is 78.1 cm³/mol. The largest absolute Gasteiger partial charge is 0.480 e. The summed E-state index contributed by atoms with van der Waals surface area (Å²) in [6, 6.07) is 8.01. The molecule has 1 aromatic carbocycles. The van der Waals surface area contributed by atoms with Crippen molar-refractivity contribution in [2.24, 2.45) is 5.92 Å². The molecule has 0 atom stereocenters. The van der Waals surface area contributed by atoms with E-state index in [1.807, 2.05) is 12.1 Å². The van der Waals surface area contributed by atoms with Gasteiger partial charge in [-0.05, 0) is 42.7 Å². The van der Waals surface area contributed by atoms with Crippen LogP contribution in [-0.4, -0.2) is 41.1 Å². The molecule has 1 aromatic rings. The Bertz CT molecular complexity index is 529. The Kier molecular flexibility index (Phi) is 3.82. The molecule has 0 heterocycles. The maximum absolute atomic E-state index is 12.3. The van der Waals surface area contributed by atoms with Crippen LogP contribution in [0, 0.1) is 5.92 Å². The number of nitrogens with one attached hydrogen (secondary N) is 1. The van der Waals surface area contributed by atoms with E-state index in [1.165, 1.54) is 16.0 Å². The van der Waals surface area contributed by atoms with Crippen LogP contribution in [0.2, 0.25) is 0 Å². The molecule has 2 aliphatic carbocycles. The summed E-state index contributed by atoms with van der Waals surface area (Å²) in [6.45, 7) is 0.333. The van der Waals surface area contributed by atoms with E-state index >= 15 is 0 Å². The van der Waals surface area contributed by atoms with Gasteiger partial charge in [-0.1, -0.05) is 24.3 Å². The minimum Gasteiger partial charge on any atom is -0.480 e. The van der Waals surface area contributed by atoms with Crippen LogP contribution in [0.4, 0.5) is 4.79 Å². The lowest BCUT2D eigenvalue weighted by Crippen LogP contribution is -2.47. The summed E-state index contributed by atoms with van der Waals surface area (Å²) < 4.78 is 0. The number of rotatable bonds is 5. The molecule has 0 spiro atoms. The fourth-order valence-electron chi connectivity index (χ4n) is 2.92. The van der Waals surface area contributed by atoms with Gasteiger partial charge in [-0.15, -0.1) is 0 Å². The smallest absolute Gasteiger partial charge is 0.323 e. The molecule has 0 aliphatic heterocycles. The third-order valence-electron chi connectivity index (χ3n) is 4.17. The minimum absolute atomic E-state index is 0.0744. The number of benzene rings is 1. The van der Waals surface area contributed by atoms with Crippen molar-refractivity contribution in [3.63, 3.8) is 0 Å². The highest BCUT2D eigenvalue weighted by molar-refractivity contribution is 5.80. The van der Waals surface area contributed by atoms with Crippen LogP contribution >= 0.6 is 0 Å². The topological polar surface area (TPSA) is 69.6 Å². The maximum Gasteiger partial charge on any atom is 0.323 e. The van der Waals surface area contributed by atoms with Gasteiger partial charge in [0.2, 0.25) is 0 Å². The van der Waals surface area contributed by atoms with Crippen molar-refractivity contribution in [2.75, 3.05) is 13.1 Å². The molecule has 2 amide bonds. The standard InChI is InChI=1S/C16H20N2O3/c19-15(20)10-18(9-11-5-6-11)16(21)17-14-7-12-3-1-2-4-13(12)8-14/h1-4,11,14H,5-10H2,(H,17,21)(H,19,20). The Morgan fingerprint density at radius 1 is 1.19 bits per heavy atom. The monoisotopic (exact) mass is 288 g/mol. The number of fused-ring (bicyclic) bond motifs is 1. The molecule has 0 saturated heterocycles. The zero-order valence-electron chi connectivity index (χ0n) is 11.9. The van der Waals surface area contributed by atoms with Crippen molar-refractivity contribution < 1.29 is 14.7 Å². The number of carboxylic acids is 1. The van der Waals surface area contributed by atoms with Gasteiger partial charge in [-0.2, -0.15) is 0 Å². The molecule has 112 valence electrons. The lowest BCUT2D eigenvalue weighted by Gasteiger charge is -2.23. The van der Waals surface area contributed by atoms with Crippen molar-refractivity contribution in [2.45, 2.75) is 31.7 Å². The average molecular weight is 288 g/mol. The van der Waals surface area contributed by atoms with Gasteiger partial charge in [-0.25, -0.2) is 4.79 Å². The van der Waals surface area contributed by atoms with Crippen LogP contribution < -0.4 is 5.32 Å². The molecule has 0 unspecified atom stereocenters. The highest BCUT2D eigenvalue weighted by Gasteiger charge is 2.30. The van der Waals surface area contributed by atoms with Gasteiger partial charge in [0.25, 0.3) is 0 Å². The zero-order valence-corrected chi connectivity index (χ0v) is 11.9. The van der Waals surface area contributed by atoms with Gasteiger partial charge in [0.1, 0.15) is 6.54 Å². The van der Waals surface area contributed by atoms with Gasteiger partial charge in [0.15, 0.2) is 0 Å². The normalized spacial score (nSPS) is 17.3. The van der Waals surface area contributed by atoms with Gasteiger partial charge in [0, 0.05) is 12.6 Å². The Balaban J connectivity index is 1.58. The van der Waals surface area contributed by atoms with Crippen LogP contribution in [0.3, 0.4) is 0 Å². The molecule has 1 fully saturated rings. The Morgan fingerprint density at radius 3 is 2.33 bits per heavy atom. The summed E-state index contributed by atoms with van der Waals surface area (Å²) in [5.41, 5.74) is 2.55. The number of hydrogen-bond acceptors (Lipinski definition) is 2. The van der Waals surface area contributed by atoms with Crippen LogP contribution in [0.15, 0.2) is 24.3 Å². The Labute approximate surface area is 123 Å². The van der Waals surface area contributed by atoms with E-state index < -0.39 is 5.97 Å². The molecule has 2 N–H and O–H groups in total. The van der Waals surface area contributed by atoms with E-state index in [-0.39, 0.29) is 18.6 Å². The van der Waals surface area contributed by atoms with Crippen molar-refractivity contribution >= 4 is 12.0 Å². The number of carboxylic acid groups (broad SMARTS) is 1. The van der Waals surface area contributed by atoms with Crippen molar-refractivity contribution in [3.05, 3.63) is 35.4 Å². The summed E-state index contributed by atoms with van der Waals surface area (Å²) in [6.07, 6.45) is 3.84. The summed E-state index contributed by atoms with van der Waals surface area (Å²) >= 11 is 0. The lowest BCUT2D eigenvalue weighted by molar-refractivity contribution is -0.137. The van der Waals surface area contributed by atoms with Gasteiger partial charge in [-0.3, -0.25) is 4.79 Å². The number of carbonyl (C=O) groups excluding carboxylic acids is 1. The summed E-state index contributed by atoms with van der Waals surface area (Å²) in [7, 11) is 0. The second-order valence-corrected chi connectivity index (χ2v) is 6.04. The van der Waals surface area contributed by atoms with Gasteiger partial charge in [0.05, 0.1) is 0 Å². The molecule has 2 aliphatic rings. The van der Waals surface area contributed by atoms with E-state index in [0.717, 1.165) is 25.7 Å². The first kappa shape index (κ1) is 13.9. The van der Waals surface area contributed by atoms with E-state index in [9.17, 15) is 9.59 Å². The highest BCUT2D eigenvalue weighted by Crippen LogP contribution is 2.29. The molecular formula is C16H20N2O3. The van der Waals surface area contributed by atoms with Crippen LogP contribution in [-0.2, 0) is 17.6 Å². The first-order chi connectivity index (χ1) is 10.1. The molecule has 1 saturated carbocycles. The molecule has 21 heavy (non-hydrogen) atoms. The summed E-state index contributed by atoms with van der Waals surface area (Å²) in [5.74, 6) is -0.476. The second-order valence-electron chi connectivity index (χ2n) is 6.04. The van der Waals surface area contributed by atoms with E-state index in [0.29, 0.717) is 12.5 Å². The second kappa shape index (κ2) is 5.76. The van der Waals surface area contributed by atoms with Crippen molar-refractivity contribution in [1.29, 1.82) is 0 Å². The lowest BCUT2D eigenvalue weighted by atomic mass is 10.1.